The number of morpholine rings is 1. The van der Waals surface area contributed by atoms with E-state index in [1.165, 1.54) is 11.1 Å². The number of benzene rings is 1. The van der Waals surface area contributed by atoms with Crippen molar-refractivity contribution < 1.29 is 9.53 Å². The first kappa shape index (κ1) is 15.2. The highest BCUT2D eigenvalue weighted by molar-refractivity contribution is 5.75. The van der Waals surface area contributed by atoms with E-state index < -0.39 is 0 Å². The molecule has 2 aliphatic rings. The number of rotatable bonds is 1. The number of nitrogens with zero attached hydrogens (tertiary/aromatic N) is 4. The van der Waals surface area contributed by atoms with E-state index in [1.54, 1.807) is 0 Å². The van der Waals surface area contributed by atoms with Crippen molar-refractivity contribution in [2.75, 3.05) is 32.8 Å². The van der Waals surface area contributed by atoms with Crippen LogP contribution in [-0.2, 0) is 18.3 Å². The monoisotopic (exact) mass is 326 g/mol. The first-order chi connectivity index (χ1) is 11.7. The van der Waals surface area contributed by atoms with Gasteiger partial charge in [0.25, 0.3) is 0 Å². The third-order valence-electron chi connectivity index (χ3n) is 4.87. The zero-order valence-electron chi connectivity index (χ0n) is 13.9. The van der Waals surface area contributed by atoms with Gasteiger partial charge < -0.3 is 14.5 Å². The maximum atomic E-state index is 12.9. The maximum absolute atomic E-state index is 12.9. The van der Waals surface area contributed by atoms with Gasteiger partial charge in [-0.05, 0) is 16.7 Å². The summed E-state index contributed by atoms with van der Waals surface area (Å²) >= 11 is 0. The van der Waals surface area contributed by atoms with E-state index in [0.29, 0.717) is 39.4 Å². The molecule has 6 heteroatoms. The van der Waals surface area contributed by atoms with Crippen LogP contribution in [0.1, 0.15) is 22.6 Å². The summed E-state index contributed by atoms with van der Waals surface area (Å²) in [5.74, 6) is 0.175. The number of aromatic nitrogens is 2. The second kappa shape index (κ2) is 6.28. The molecule has 2 aromatic rings. The molecular weight excluding hydrogens is 304 g/mol. The minimum Gasteiger partial charge on any atom is -0.378 e. The van der Waals surface area contributed by atoms with E-state index in [-0.39, 0.29) is 11.9 Å². The van der Waals surface area contributed by atoms with Crippen LogP contribution in [0.25, 0.3) is 0 Å². The van der Waals surface area contributed by atoms with Crippen molar-refractivity contribution >= 4 is 6.03 Å². The van der Waals surface area contributed by atoms with Crippen molar-refractivity contribution in [1.82, 2.24) is 19.6 Å². The third kappa shape index (κ3) is 2.78. The van der Waals surface area contributed by atoms with Gasteiger partial charge in [0.05, 0.1) is 19.4 Å². The lowest BCUT2D eigenvalue weighted by atomic mass is 9.86. The van der Waals surface area contributed by atoms with Gasteiger partial charge in [0.1, 0.15) is 0 Å². The van der Waals surface area contributed by atoms with Crippen molar-refractivity contribution in [2.45, 2.75) is 12.5 Å². The number of urea groups is 1. The molecule has 1 fully saturated rings. The molecule has 1 unspecified atom stereocenters. The van der Waals surface area contributed by atoms with Crippen molar-refractivity contribution in [3.05, 3.63) is 53.3 Å². The van der Waals surface area contributed by atoms with Gasteiger partial charge in [0.2, 0.25) is 0 Å². The number of fused-ring (bicyclic) bond motifs is 1. The maximum Gasteiger partial charge on any atom is 0.320 e. The van der Waals surface area contributed by atoms with Crippen LogP contribution in [0.4, 0.5) is 4.79 Å². The number of hydrogen-bond donors (Lipinski definition) is 0. The topological polar surface area (TPSA) is 50.6 Å². The van der Waals surface area contributed by atoms with E-state index >= 15 is 0 Å². The zero-order chi connectivity index (χ0) is 16.5. The van der Waals surface area contributed by atoms with Crippen molar-refractivity contribution in [3.63, 3.8) is 0 Å². The van der Waals surface area contributed by atoms with Crippen LogP contribution in [0.15, 0.2) is 36.7 Å². The van der Waals surface area contributed by atoms with Gasteiger partial charge in [-0.15, -0.1) is 0 Å². The van der Waals surface area contributed by atoms with Gasteiger partial charge in [0, 0.05) is 45.3 Å². The average molecular weight is 326 g/mol. The smallest absolute Gasteiger partial charge is 0.320 e. The predicted octanol–water partition coefficient (Wildman–Crippen LogP) is 1.82. The first-order valence-electron chi connectivity index (χ1n) is 8.40. The van der Waals surface area contributed by atoms with Crippen LogP contribution in [0.2, 0.25) is 0 Å². The van der Waals surface area contributed by atoms with E-state index in [1.807, 2.05) is 40.0 Å². The van der Waals surface area contributed by atoms with Crippen LogP contribution in [0.3, 0.4) is 0 Å². The lowest BCUT2D eigenvalue weighted by Gasteiger charge is -2.38. The summed E-state index contributed by atoms with van der Waals surface area (Å²) in [5, 5.41) is 4.31. The molecule has 1 aromatic heterocycles. The van der Waals surface area contributed by atoms with Gasteiger partial charge >= 0.3 is 6.03 Å². The molecule has 0 spiro atoms. The summed E-state index contributed by atoms with van der Waals surface area (Å²) in [6.45, 7) is 3.97. The molecule has 1 saturated heterocycles. The van der Waals surface area contributed by atoms with Gasteiger partial charge in [-0.1, -0.05) is 24.3 Å². The van der Waals surface area contributed by atoms with E-state index in [4.69, 9.17) is 4.74 Å². The Hall–Kier alpha value is -2.34. The van der Waals surface area contributed by atoms with Gasteiger partial charge in [-0.25, -0.2) is 4.79 Å². The molecule has 1 atom stereocenters. The fourth-order valence-electron chi connectivity index (χ4n) is 3.61. The summed E-state index contributed by atoms with van der Waals surface area (Å²) in [6, 6.07) is 8.52. The number of aryl methyl sites for hydroxylation is 1. The molecule has 0 radical (unpaired) electrons. The van der Waals surface area contributed by atoms with Crippen LogP contribution in [-0.4, -0.2) is 58.5 Å². The molecule has 126 valence electrons. The third-order valence-corrected chi connectivity index (χ3v) is 4.87. The standard InChI is InChI=1S/C18H22N4O2/c1-20-11-15(10-19-20)17-13-22(12-14-4-2-3-5-16(14)17)18(23)21-6-8-24-9-7-21/h2-5,10-11,17H,6-9,12-13H2,1H3. The Morgan fingerprint density at radius 3 is 2.75 bits per heavy atom. The molecule has 6 nitrogen and oxygen atoms in total. The molecule has 0 aliphatic carbocycles. The number of hydrogen-bond acceptors (Lipinski definition) is 3. The fourth-order valence-corrected chi connectivity index (χ4v) is 3.61. The van der Waals surface area contributed by atoms with E-state index in [9.17, 15) is 4.79 Å². The number of ether oxygens (including phenoxy) is 1. The van der Waals surface area contributed by atoms with E-state index in [0.717, 1.165) is 5.56 Å². The molecule has 1 aromatic carbocycles. The highest BCUT2D eigenvalue weighted by Crippen LogP contribution is 2.33. The van der Waals surface area contributed by atoms with Gasteiger partial charge in [-0.2, -0.15) is 5.10 Å². The highest BCUT2D eigenvalue weighted by atomic mass is 16.5. The quantitative estimate of drug-likeness (QED) is 0.803. The first-order valence-corrected chi connectivity index (χ1v) is 8.40. The minimum atomic E-state index is 0.113. The lowest BCUT2D eigenvalue weighted by Crippen LogP contribution is -2.50. The fraction of sp³-hybridized carbons (Fsp3) is 0.444. The highest BCUT2D eigenvalue weighted by Gasteiger charge is 2.32. The Labute approximate surface area is 141 Å². The molecule has 2 amide bonds. The minimum absolute atomic E-state index is 0.113. The van der Waals surface area contributed by atoms with Crippen molar-refractivity contribution in [1.29, 1.82) is 0 Å². The van der Waals surface area contributed by atoms with Crippen LogP contribution >= 0.6 is 0 Å². The summed E-state index contributed by atoms with van der Waals surface area (Å²) in [4.78, 5) is 16.8. The molecule has 24 heavy (non-hydrogen) atoms. The molecule has 3 heterocycles. The SMILES string of the molecule is Cn1cc(C2CN(C(=O)N3CCOCC3)Cc3ccccc32)cn1. The summed E-state index contributed by atoms with van der Waals surface area (Å²) in [7, 11) is 1.93. The summed E-state index contributed by atoms with van der Waals surface area (Å²) < 4.78 is 7.18. The largest absolute Gasteiger partial charge is 0.378 e. The predicted molar refractivity (Wildman–Crippen MR) is 89.7 cm³/mol. The van der Waals surface area contributed by atoms with Crippen LogP contribution < -0.4 is 0 Å². The number of carbonyl (C=O) groups excluding carboxylic acids is 1. The Bertz CT molecular complexity index is 736. The number of amides is 2. The summed E-state index contributed by atoms with van der Waals surface area (Å²) in [5.41, 5.74) is 3.68. The molecule has 2 aliphatic heterocycles. The van der Waals surface area contributed by atoms with Crippen molar-refractivity contribution in [3.8, 4) is 0 Å². The second-order valence-electron chi connectivity index (χ2n) is 6.46. The molecule has 0 N–H and O–H groups in total. The molecule has 0 bridgehead atoms. The molecule has 4 rings (SSSR count). The zero-order valence-corrected chi connectivity index (χ0v) is 13.9. The Morgan fingerprint density at radius 1 is 1.21 bits per heavy atom. The Balaban J connectivity index is 1.63. The van der Waals surface area contributed by atoms with Crippen LogP contribution in [0, 0.1) is 0 Å². The Morgan fingerprint density at radius 2 is 2.00 bits per heavy atom. The number of carbonyl (C=O) groups is 1. The van der Waals surface area contributed by atoms with Gasteiger partial charge in [-0.3, -0.25) is 4.68 Å². The van der Waals surface area contributed by atoms with Crippen molar-refractivity contribution in [2.24, 2.45) is 7.05 Å². The Kier molecular flexibility index (Phi) is 3.98. The van der Waals surface area contributed by atoms with E-state index in [2.05, 4.69) is 23.3 Å². The molecular formula is C18H22N4O2. The normalized spacial score (nSPS) is 20.8. The average Bonchev–Trinajstić information content (AvgIpc) is 3.07. The van der Waals surface area contributed by atoms with Gasteiger partial charge in [0.15, 0.2) is 0 Å². The summed E-state index contributed by atoms with van der Waals surface area (Å²) in [6.07, 6.45) is 3.95. The van der Waals surface area contributed by atoms with Crippen LogP contribution in [0.5, 0.6) is 0 Å². The molecule has 0 saturated carbocycles. The second-order valence-corrected chi connectivity index (χ2v) is 6.46. The lowest BCUT2D eigenvalue weighted by molar-refractivity contribution is 0.0416.